The Morgan fingerprint density at radius 2 is 2.16 bits per heavy atom. The van der Waals surface area contributed by atoms with Crippen molar-refractivity contribution in [3.63, 3.8) is 0 Å². The lowest BCUT2D eigenvalue weighted by Gasteiger charge is -2.51. The number of hydrogen-bond acceptors (Lipinski definition) is 9. The molecule has 1 spiro atoms. The highest BCUT2D eigenvalue weighted by Gasteiger charge is 2.50. The second kappa shape index (κ2) is 9.86. The van der Waals surface area contributed by atoms with Gasteiger partial charge in [-0.3, -0.25) is 19.5 Å². The molecule has 0 bridgehead atoms. The fourth-order valence-electron chi connectivity index (χ4n) is 4.18. The van der Waals surface area contributed by atoms with Gasteiger partial charge in [0, 0.05) is 43.2 Å². The van der Waals surface area contributed by atoms with Crippen LogP contribution in [0.3, 0.4) is 0 Å². The van der Waals surface area contributed by atoms with Gasteiger partial charge in [-0.05, 0) is 26.7 Å². The van der Waals surface area contributed by atoms with Crippen molar-refractivity contribution < 1.29 is 29.1 Å². The van der Waals surface area contributed by atoms with E-state index in [1.54, 1.807) is 24.3 Å². The van der Waals surface area contributed by atoms with Gasteiger partial charge in [0.2, 0.25) is 5.76 Å². The number of aliphatic hydroxyl groups excluding tert-OH is 1. The van der Waals surface area contributed by atoms with E-state index in [1.165, 1.54) is 4.88 Å². The Kier molecular flexibility index (Phi) is 7.42. The van der Waals surface area contributed by atoms with Crippen molar-refractivity contribution in [2.45, 2.75) is 56.9 Å². The fraction of sp³-hybridized carbons (Fsp3) is 0.600. The van der Waals surface area contributed by atoms with Gasteiger partial charge in [-0.15, -0.1) is 11.3 Å². The molecule has 0 radical (unpaired) electrons. The van der Waals surface area contributed by atoms with Gasteiger partial charge in [0.05, 0.1) is 29.0 Å². The van der Waals surface area contributed by atoms with E-state index in [0.29, 0.717) is 12.1 Å². The number of aryl methyl sites for hydroxylation is 1. The lowest BCUT2D eigenvalue weighted by Crippen LogP contribution is -2.65. The maximum absolute atomic E-state index is 12.6. The molecule has 2 aromatic rings. The van der Waals surface area contributed by atoms with Gasteiger partial charge >= 0.3 is 0 Å². The van der Waals surface area contributed by atoms with Crippen LogP contribution in [0.25, 0.3) is 0 Å². The van der Waals surface area contributed by atoms with Gasteiger partial charge in [-0.25, -0.2) is 0 Å². The summed E-state index contributed by atoms with van der Waals surface area (Å²) in [6.07, 6.45) is 3.44. The maximum Gasteiger partial charge on any atom is 0.290 e. The topological polar surface area (TPSA) is 138 Å². The molecule has 0 saturated carbocycles. The Morgan fingerprint density at radius 1 is 1.45 bits per heavy atom. The highest BCUT2D eigenvalue weighted by atomic mass is 32.1. The molecule has 0 aliphatic carbocycles. The quantitative estimate of drug-likeness (QED) is 0.588. The van der Waals surface area contributed by atoms with Crippen molar-refractivity contribution >= 4 is 23.7 Å². The molecule has 170 valence electrons. The summed E-state index contributed by atoms with van der Waals surface area (Å²) in [6, 6.07) is 1.60. The summed E-state index contributed by atoms with van der Waals surface area (Å²) in [5.74, 6) is -0.201. The zero-order valence-corrected chi connectivity index (χ0v) is 18.4. The van der Waals surface area contributed by atoms with E-state index in [1.807, 2.05) is 18.6 Å². The molecule has 0 unspecified atom stereocenters. The molecule has 2 fully saturated rings. The first-order valence-corrected chi connectivity index (χ1v) is 10.9. The summed E-state index contributed by atoms with van der Waals surface area (Å²) in [5, 5.41) is 24.2. The number of nitrogens with one attached hydrogen (secondary N) is 1. The SMILES string of the molecule is Cc1cc(C(=O)N[C@]2(C)CC3(CCN(Cc4cncs4)CC3)OC[C@H]2O)on1.O=CO. The lowest BCUT2D eigenvalue weighted by atomic mass is 9.74. The molecule has 3 N–H and O–H groups in total. The van der Waals surface area contributed by atoms with Crippen LogP contribution in [0.1, 0.15) is 47.3 Å². The molecule has 1 amide bonds. The Balaban J connectivity index is 0.000000858. The van der Waals surface area contributed by atoms with E-state index in [9.17, 15) is 9.90 Å². The van der Waals surface area contributed by atoms with Crippen LogP contribution in [0.15, 0.2) is 22.3 Å². The van der Waals surface area contributed by atoms with Gasteiger partial charge in [-0.2, -0.15) is 0 Å². The van der Waals surface area contributed by atoms with E-state index in [4.69, 9.17) is 19.2 Å². The van der Waals surface area contributed by atoms with Crippen LogP contribution in [0.2, 0.25) is 0 Å². The van der Waals surface area contributed by atoms with Crippen LogP contribution in [-0.4, -0.2) is 74.6 Å². The predicted octanol–water partition coefficient (Wildman–Crippen LogP) is 1.44. The minimum Gasteiger partial charge on any atom is -0.483 e. The summed E-state index contributed by atoms with van der Waals surface area (Å²) in [5.41, 5.74) is 1.39. The number of ether oxygens (including phenoxy) is 1. The van der Waals surface area contributed by atoms with E-state index in [0.717, 1.165) is 32.5 Å². The van der Waals surface area contributed by atoms with Crippen molar-refractivity contribution in [1.29, 1.82) is 0 Å². The number of aliphatic hydroxyl groups is 1. The molecule has 31 heavy (non-hydrogen) atoms. The molecule has 2 atom stereocenters. The van der Waals surface area contributed by atoms with E-state index in [2.05, 4.69) is 20.4 Å². The molecule has 10 nitrogen and oxygen atoms in total. The first-order valence-electron chi connectivity index (χ1n) is 10.0. The second-order valence-corrected chi connectivity index (χ2v) is 9.21. The Morgan fingerprint density at radius 3 is 2.74 bits per heavy atom. The first kappa shape index (κ1) is 23.3. The average molecular weight is 453 g/mol. The monoisotopic (exact) mass is 452 g/mol. The summed E-state index contributed by atoms with van der Waals surface area (Å²) in [7, 11) is 0. The molecule has 2 aliphatic heterocycles. The average Bonchev–Trinajstić information content (AvgIpc) is 3.39. The van der Waals surface area contributed by atoms with Crippen LogP contribution in [0.4, 0.5) is 0 Å². The number of nitrogens with zero attached hydrogens (tertiary/aromatic N) is 3. The molecular weight excluding hydrogens is 424 g/mol. The fourth-order valence-corrected chi connectivity index (χ4v) is 4.81. The van der Waals surface area contributed by atoms with Crippen molar-refractivity contribution in [2.24, 2.45) is 0 Å². The smallest absolute Gasteiger partial charge is 0.290 e. The maximum atomic E-state index is 12.6. The minimum atomic E-state index is -0.782. The molecule has 4 rings (SSSR count). The predicted molar refractivity (Wildman–Crippen MR) is 112 cm³/mol. The number of hydrogen-bond donors (Lipinski definition) is 3. The van der Waals surface area contributed by atoms with Crippen molar-refractivity contribution in [3.8, 4) is 0 Å². The van der Waals surface area contributed by atoms with Crippen LogP contribution in [0, 0.1) is 6.92 Å². The van der Waals surface area contributed by atoms with Crippen LogP contribution < -0.4 is 5.32 Å². The standard InChI is InChI=1S/C19H26N4O4S.CH2O2/c1-13-7-15(27-22-13)17(25)21-18(2)11-19(26-10-16(18)24)3-5-23(6-4-19)9-14-8-20-12-28-14;2-1-3/h7-8,12,16,24H,3-6,9-11H2,1-2H3,(H,21,25);1H,(H,2,3)/t16-,18-;/m1./s1. The molecule has 2 aromatic heterocycles. The minimum absolute atomic E-state index is 0.158. The van der Waals surface area contributed by atoms with E-state index >= 15 is 0 Å². The number of aromatic nitrogens is 2. The van der Waals surface area contributed by atoms with Crippen LogP contribution in [-0.2, 0) is 16.1 Å². The van der Waals surface area contributed by atoms with Gasteiger partial charge in [0.25, 0.3) is 12.4 Å². The highest BCUT2D eigenvalue weighted by molar-refractivity contribution is 7.09. The number of carboxylic acid groups (broad SMARTS) is 1. The summed E-state index contributed by atoms with van der Waals surface area (Å²) in [4.78, 5) is 28.7. The number of rotatable bonds is 4. The molecule has 4 heterocycles. The summed E-state index contributed by atoms with van der Waals surface area (Å²) >= 11 is 1.67. The van der Waals surface area contributed by atoms with Crippen LogP contribution >= 0.6 is 11.3 Å². The van der Waals surface area contributed by atoms with Gasteiger partial charge in [-0.1, -0.05) is 5.16 Å². The highest BCUT2D eigenvalue weighted by Crippen LogP contribution is 2.40. The summed E-state index contributed by atoms with van der Waals surface area (Å²) in [6.45, 7) is 6.34. The van der Waals surface area contributed by atoms with Crippen LogP contribution in [0.5, 0.6) is 0 Å². The number of carbonyl (C=O) groups is 2. The Bertz CT molecular complexity index is 865. The first-order chi connectivity index (χ1) is 14.8. The lowest BCUT2D eigenvalue weighted by molar-refractivity contribution is -0.177. The third kappa shape index (κ3) is 5.67. The second-order valence-electron chi connectivity index (χ2n) is 8.24. The Labute approximate surface area is 184 Å². The van der Waals surface area contributed by atoms with Gasteiger partial charge in [0.15, 0.2) is 0 Å². The number of amides is 1. The zero-order chi connectivity index (χ0) is 22.5. The molecule has 2 aliphatic rings. The van der Waals surface area contributed by atoms with E-state index < -0.39 is 11.6 Å². The van der Waals surface area contributed by atoms with Crippen molar-refractivity contribution in [3.05, 3.63) is 34.1 Å². The number of piperidine rings is 1. The number of likely N-dealkylation sites (tertiary alicyclic amines) is 1. The number of thiazole rings is 1. The Hall–Kier alpha value is -2.34. The molecule has 2 saturated heterocycles. The molecule has 11 heteroatoms. The largest absolute Gasteiger partial charge is 0.483 e. The van der Waals surface area contributed by atoms with E-state index in [-0.39, 0.29) is 30.3 Å². The molecule has 0 aromatic carbocycles. The third-order valence-corrected chi connectivity index (χ3v) is 6.62. The zero-order valence-electron chi connectivity index (χ0n) is 17.6. The normalized spacial score (nSPS) is 25.5. The van der Waals surface area contributed by atoms with Gasteiger partial charge < -0.3 is 24.8 Å². The number of carbonyl (C=O) groups excluding carboxylic acids is 1. The van der Waals surface area contributed by atoms with Crippen molar-refractivity contribution in [2.75, 3.05) is 19.7 Å². The third-order valence-electron chi connectivity index (χ3n) is 5.85. The van der Waals surface area contributed by atoms with Crippen molar-refractivity contribution in [1.82, 2.24) is 20.4 Å². The molecular formula is C20H28N4O6S. The summed E-state index contributed by atoms with van der Waals surface area (Å²) < 4.78 is 11.2. The van der Waals surface area contributed by atoms with Gasteiger partial charge in [0.1, 0.15) is 6.10 Å².